The molecule has 1 saturated carbocycles. The minimum atomic E-state index is 0.859. The second kappa shape index (κ2) is 5.58. The third-order valence-corrected chi connectivity index (χ3v) is 3.12. The summed E-state index contributed by atoms with van der Waals surface area (Å²) in [4.78, 5) is 0. The van der Waals surface area contributed by atoms with Gasteiger partial charge in [0.05, 0.1) is 0 Å². The topological polar surface area (TPSA) is 26.0 Å². The van der Waals surface area contributed by atoms with E-state index in [2.05, 4.69) is 6.92 Å². The molecule has 1 unspecified atom stereocenters. The van der Waals surface area contributed by atoms with Gasteiger partial charge in [0, 0.05) is 0 Å². The van der Waals surface area contributed by atoms with Crippen molar-refractivity contribution in [2.75, 3.05) is 6.54 Å². The van der Waals surface area contributed by atoms with E-state index in [4.69, 9.17) is 5.73 Å². The quantitative estimate of drug-likeness (QED) is 0.688. The fraction of sp³-hybridized carbons (Fsp3) is 1.00. The van der Waals surface area contributed by atoms with E-state index in [1.165, 1.54) is 44.9 Å². The van der Waals surface area contributed by atoms with Crippen LogP contribution in [0.1, 0.15) is 51.9 Å². The molecule has 1 rings (SSSR count). The van der Waals surface area contributed by atoms with Crippen molar-refractivity contribution in [2.24, 2.45) is 17.6 Å². The van der Waals surface area contributed by atoms with E-state index in [1.54, 1.807) is 0 Å². The van der Waals surface area contributed by atoms with Crippen LogP contribution in [0.25, 0.3) is 0 Å². The van der Waals surface area contributed by atoms with E-state index in [1.807, 2.05) is 0 Å². The maximum Gasteiger partial charge on any atom is -0.00747 e. The molecule has 0 aromatic heterocycles. The summed E-state index contributed by atoms with van der Waals surface area (Å²) in [5.41, 5.74) is 5.53. The van der Waals surface area contributed by atoms with Crippen molar-refractivity contribution in [1.29, 1.82) is 0 Å². The summed E-state index contributed by atoms with van der Waals surface area (Å²) in [6.45, 7) is 3.22. The molecule has 0 heterocycles. The van der Waals surface area contributed by atoms with Gasteiger partial charge in [0.2, 0.25) is 0 Å². The van der Waals surface area contributed by atoms with Crippen LogP contribution in [-0.2, 0) is 0 Å². The fourth-order valence-electron chi connectivity index (χ4n) is 2.39. The first-order valence-electron chi connectivity index (χ1n) is 5.53. The lowest BCUT2D eigenvalue weighted by Gasteiger charge is -2.24. The van der Waals surface area contributed by atoms with Gasteiger partial charge in [-0.3, -0.25) is 0 Å². The monoisotopic (exact) mass is 169 g/mol. The molecule has 1 nitrogen and oxygen atoms in total. The highest BCUT2D eigenvalue weighted by Crippen LogP contribution is 2.29. The Bertz CT molecular complexity index is 106. The van der Waals surface area contributed by atoms with E-state index in [0.717, 1.165) is 18.4 Å². The molecule has 1 fully saturated rings. The first-order valence-corrected chi connectivity index (χ1v) is 5.53. The van der Waals surface area contributed by atoms with Gasteiger partial charge in [-0.15, -0.1) is 0 Å². The standard InChI is InChI=1S/C11H23N/c1-10(7-8-12)9-11-5-3-2-4-6-11/h10-11H,2-9,12H2,1H3. The average molecular weight is 169 g/mol. The summed E-state index contributed by atoms with van der Waals surface area (Å²) in [5, 5.41) is 0. The molecule has 2 N–H and O–H groups in total. The molecule has 1 aliphatic carbocycles. The maximum atomic E-state index is 5.53. The first kappa shape index (κ1) is 10.0. The van der Waals surface area contributed by atoms with Gasteiger partial charge in [0.15, 0.2) is 0 Å². The predicted molar refractivity (Wildman–Crippen MR) is 54.0 cm³/mol. The summed E-state index contributed by atoms with van der Waals surface area (Å²) in [7, 11) is 0. The predicted octanol–water partition coefficient (Wildman–Crippen LogP) is 2.94. The third kappa shape index (κ3) is 3.57. The summed E-state index contributed by atoms with van der Waals surface area (Å²) in [6.07, 6.45) is 10.0. The molecule has 72 valence electrons. The zero-order valence-corrected chi connectivity index (χ0v) is 8.39. The van der Waals surface area contributed by atoms with Crippen LogP contribution in [0.3, 0.4) is 0 Å². The van der Waals surface area contributed by atoms with Crippen molar-refractivity contribution in [3.63, 3.8) is 0 Å². The minimum Gasteiger partial charge on any atom is -0.330 e. The van der Waals surface area contributed by atoms with Gasteiger partial charge < -0.3 is 5.73 Å². The van der Waals surface area contributed by atoms with Crippen molar-refractivity contribution < 1.29 is 0 Å². The fourth-order valence-corrected chi connectivity index (χ4v) is 2.39. The highest BCUT2D eigenvalue weighted by atomic mass is 14.5. The van der Waals surface area contributed by atoms with E-state index >= 15 is 0 Å². The van der Waals surface area contributed by atoms with Crippen LogP contribution in [0, 0.1) is 11.8 Å². The highest BCUT2D eigenvalue weighted by molar-refractivity contribution is 4.68. The van der Waals surface area contributed by atoms with Gasteiger partial charge >= 0.3 is 0 Å². The normalized spacial score (nSPS) is 22.5. The summed E-state index contributed by atoms with van der Waals surface area (Å²) >= 11 is 0. The van der Waals surface area contributed by atoms with Crippen molar-refractivity contribution in [3.05, 3.63) is 0 Å². The first-order chi connectivity index (χ1) is 5.83. The lowest BCUT2D eigenvalue weighted by atomic mass is 9.82. The molecule has 0 amide bonds. The van der Waals surface area contributed by atoms with E-state index in [-0.39, 0.29) is 0 Å². The molecule has 1 atom stereocenters. The Morgan fingerprint density at radius 1 is 1.25 bits per heavy atom. The molecule has 12 heavy (non-hydrogen) atoms. The van der Waals surface area contributed by atoms with Crippen molar-refractivity contribution in [1.82, 2.24) is 0 Å². The molecule has 1 aliphatic rings. The Kier molecular flexibility index (Phi) is 4.67. The van der Waals surface area contributed by atoms with Gasteiger partial charge in [0.1, 0.15) is 0 Å². The second-order valence-corrected chi connectivity index (χ2v) is 4.42. The summed E-state index contributed by atoms with van der Waals surface area (Å²) in [6, 6.07) is 0. The Hall–Kier alpha value is -0.0400. The van der Waals surface area contributed by atoms with Crippen LogP contribution in [0.5, 0.6) is 0 Å². The Morgan fingerprint density at radius 2 is 1.92 bits per heavy atom. The highest BCUT2D eigenvalue weighted by Gasteiger charge is 2.15. The molecular weight excluding hydrogens is 146 g/mol. The zero-order chi connectivity index (χ0) is 8.81. The van der Waals surface area contributed by atoms with Gasteiger partial charge in [-0.1, -0.05) is 39.0 Å². The Morgan fingerprint density at radius 3 is 2.50 bits per heavy atom. The minimum absolute atomic E-state index is 0.859. The molecule has 0 bridgehead atoms. The summed E-state index contributed by atoms with van der Waals surface area (Å²) < 4.78 is 0. The lowest BCUT2D eigenvalue weighted by molar-refractivity contribution is 0.291. The zero-order valence-electron chi connectivity index (χ0n) is 8.39. The molecule has 1 heteroatoms. The van der Waals surface area contributed by atoms with Gasteiger partial charge in [-0.05, 0) is 31.2 Å². The van der Waals surface area contributed by atoms with Gasteiger partial charge in [-0.25, -0.2) is 0 Å². The van der Waals surface area contributed by atoms with Crippen LogP contribution < -0.4 is 5.73 Å². The molecule has 0 aromatic carbocycles. The largest absolute Gasteiger partial charge is 0.330 e. The molecule has 0 radical (unpaired) electrons. The Balaban J connectivity index is 2.11. The molecule has 0 aliphatic heterocycles. The van der Waals surface area contributed by atoms with Crippen LogP contribution in [0.2, 0.25) is 0 Å². The SMILES string of the molecule is CC(CCN)CC1CCCCC1. The van der Waals surface area contributed by atoms with Crippen LogP contribution in [0.4, 0.5) is 0 Å². The van der Waals surface area contributed by atoms with Gasteiger partial charge in [0.25, 0.3) is 0 Å². The smallest absolute Gasteiger partial charge is 0.00747 e. The molecule has 0 aromatic rings. The van der Waals surface area contributed by atoms with Crippen molar-refractivity contribution >= 4 is 0 Å². The average Bonchev–Trinajstić information content (AvgIpc) is 2.06. The van der Waals surface area contributed by atoms with Crippen molar-refractivity contribution in [3.8, 4) is 0 Å². The van der Waals surface area contributed by atoms with E-state index in [9.17, 15) is 0 Å². The van der Waals surface area contributed by atoms with E-state index in [0.29, 0.717) is 0 Å². The van der Waals surface area contributed by atoms with Crippen molar-refractivity contribution in [2.45, 2.75) is 51.9 Å². The van der Waals surface area contributed by atoms with Crippen LogP contribution >= 0.6 is 0 Å². The number of nitrogens with two attached hydrogens (primary N) is 1. The Labute approximate surface area is 76.7 Å². The second-order valence-electron chi connectivity index (χ2n) is 4.42. The number of hydrogen-bond acceptors (Lipinski definition) is 1. The van der Waals surface area contributed by atoms with Crippen LogP contribution in [0.15, 0.2) is 0 Å². The molecule has 0 saturated heterocycles. The molecule has 0 spiro atoms. The third-order valence-electron chi connectivity index (χ3n) is 3.12. The number of hydrogen-bond donors (Lipinski definition) is 1. The number of rotatable bonds is 4. The lowest BCUT2D eigenvalue weighted by Crippen LogP contribution is -2.13. The van der Waals surface area contributed by atoms with E-state index < -0.39 is 0 Å². The molecular formula is C11H23N. The van der Waals surface area contributed by atoms with Gasteiger partial charge in [-0.2, -0.15) is 0 Å². The maximum absolute atomic E-state index is 5.53. The summed E-state index contributed by atoms with van der Waals surface area (Å²) in [5.74, 6) is 1.89. The van der Waals surface area contributed by atoms with Crippen LogP contribution in [-0.4, -0.2) is 6.54 Å².